The zero-order valence-electron chi connectivity index (χ0n) is 19.8. The molecule has 12 heteroatoms. The summed E-state index contributed by atoms with van der Waals surface area (Å²) >= 11 is 0. The molecule has 0 radical (unpaired) electrons. The van der Waals surface area contributed by atoms with Gasteiger partial charge in [0.15, 0.2) is 0 Å². The average Bonchev–Trinajstić information content (AvgIpc) is 3.60. The van der Waals surface area contributed by atoms with E-state index in [2.05, 4.69) is 10.3 Å². The van der Waals surface area contributed by atoms with Gasteiger partial charge < -0.3 is 10.2 Å². The fourth-order valence-corrected chi connectivity index (χ4v) is 5.27. The van der Waals surface area contributed by atoms with Crippen molar-refractivity contribution >= 4 is 27.0 Å². The number of nitrogens with one attached hydrogen (secondary N) is 2. The standard InChI is InChI=1S/C24H27F5N4O2S/c1-14-20(22(34)32-16-6-9-31-19(12-16)36(2,30)35)18(33-10-3-7-23(25,26)8-11-33)13-17(15-4-5-15)21(14)24(27,28)29/h6,9,12-13,15,30H,3-5,7-8,10-11H2,1-2H3,(H,31,32,34). The average molecular weight is 531 g/mol. The number of nitrogens with zero attached hydrogens (tertiary/aromatic N) is 2. The number of carbonyl (C=O) groups is 1. The highest BCUT2D eigenvalue weighted by atomic mass is 32.2. The molecule has 2 fully saturated rings. The zero-order chi connectivity index (χ0) is 26.5. The first-order chi connectivity index (χ1) is 16.7. The Morgan fingerprint density at radius 1 is 1.22 bits per heavy atom. The van der Waals surface area contributed by atoms with E-state index in [1.54, 1.807) is 4.90 Å². The van der Waals surface area contributed by atoms with Crippen LogP contribution in [0.1, 0.15) is 65.1 Å². The molecule has 0 spiro atoms. The smallest absolute Gasteiger partial charge is 0.371 e. The maximum Gasteiger partial charge on any atom is 0.416 e. The van der Waals surface area contributed by atoms with Gasteiger partial charge in [-0.3, -0.25) is 4.79 Å². The Morgan fingerprint density at radius 2 is 1.92 bits per heavy atom. The molecule has 2 N–H and O–H groups in total. The van der Waals surface area contributed by atoms with Crippen LogP contribution in [0.3, 0.4) is 0 Å². The molecule has 1 saturated carbocycles. The van der Waals surface area contributed by atoms with Gasteiger partial charge in [-0.25, -0.2) is 22.8 Å². The lowest BCUT2D eigenvalue weighted by atomic mass is 9.91. The minimum absolute atomic E-state index is 0.0907. The molecule has 1 aromatic carbocycles. The number of pyridine rings is 1. The maximum atomic E-state index is 14.2. The van der Waals surface area contributed by atoms with Gasteiger partial charge >= 0.3 is 6.18 Å². The lowest BCUT2D eigenvalue weighted by Gasteiger charge is -2.29. The van der Waals surface area contributed by atoms with E-state index in [0.29, 0.717) is 12.8 Å². The summed E-state index contributed by atoms with van der Waals surface area (Å²) in [4.78, 5) is 18.9. The normalized spacial score (nSPS) is 19.9. The van der Waals surface area contributed by atoms with Crippen LogP contribution in [0.2, 0.25) is 0 Å². The Kier molecular flexibility index (Phi) is 6.78. The highest BCUT2D eigenvalue weighted by Crippen LogP contribution is 2.50. The van der Waals surface area contributed by atoms with Gasteiger partial charge in [0.05, 0.1) is 26.5 Å². The van der Waals surface area contributed by atoms with E-state index in [0.717, 1.165) is 6.26 Å². The predicted molar refractivity (Wildman–Crippen MR) is 126 cm³/mol. The van der Waals surface area contributed by atoms with Crippen LogP contribution in [0, 0.1) is 11.7 Å². The first-order valence-electron chi connectivity index (χ1n) is 11.6. The summed E-state index contributed by atoms with van der Waals surface area (Å²) in [7, 11) is -3.20. The molecule has 36 heavy (non-hydrogen) atoms. The van der Waals surface area contributed by atoms with Crippen LogP contribution < -0.4 is 10.2 Å². The van der Waals surface area contributed by atoms with Crippen molar-refractivity contribution in [2.24, 2.45) is 0 Å². The molecule has 6 nitrogen and oxygen atoms in total. The van der Waals surface area contributed by atoms with Gasteiger partial charge in [0.1, 0.15) is 5.03 Å². The Balaban J connectivity index is 1.83. The number of aromatic nitrogens is 1. The van der Waals surface area contributed by atoms with Crippen LogP contribution in [-0.2, 0) is 15.9 Å². The summed E-state index contributed by atoms with van der Waals surface area (Å²) < 4.78 is 90.4. The Labute approximate surface area is 206 Å². The summed E-state index contributed by atoms with van der Waals surface area (Å²) in [5.41, 5.74) is -0.958. The number of carbonyl (C=O) groups excluding carboxylic acids is 1. The maximum absolute atomic E-state index is 14.2. The summed E-state index contributed by atoms with van der Waals surface area (Å²) in [6, 6.07) is 3.96. The number of alkyl halides is 5. The SMILES string of the molecule is Cc1c(C(=O)Nc2ccnc(S(C)(=N)=O)c2)c(N2CCCC(F)(F)CC2)cc(C2CC2)c1C(F)(F)F. The summed E-state index contributed by atoms with van der Waals surface area (Å²) in [5.74, 6) is -4.02. The van der Waals surface area contributed by atoms with Crippen LogP contribution in [0.25, 0.3) is 0 Å². The van der Waals surface area contributed by atoms with E-state index in [9.17, 15) is 31.0 Å². The highest BCUT2D eigenvalue weighted by Gasteiger charge is 2.43. The van der Waals surface area contributed by atoms with E-state index in [1.807, 2.05) is 0 Å². The third-order valence-electron chi connectivity index (χ3n) is 6.57. The Hall–Kier alpha value is -2.76. The topological polar surface area (TPSA) is 86.1 Å². The zero-order valence-corrected chi connectivity index (χ0v) is 20.7. The summed E-state index contributed by atoms with van der Waals surface area (Å²) in [6.07, 6.45) is -1.78. The van der Waals surface area contributed by atoms with Gasteiger partial charge in [0.2, 0.25) is 5.92 Å². The van der Waals surface area contributed by atoms with Crippen LogP contribution in [0.15, 0.2) is 29.4 Å². The lowest BCUT2D eigenvalue weighted by Crippen LogP contribution is -2.30. The molecule has 1 unspecified atom stereocenters. The monoisotopic (exact) mass is 530 g/mol. The third kappa shape index (κ3) is 5.63. The fourth-order valence-electron chi connectivity index (χ4n) is 4.65. The van der Waals surface area contributed by atoms with E-state index in [-0.39, 0.29) is 64.9 Å². The van der Waals surface area contributed by atoms with E-state index in [1.165, 1.54) is 31.3 Å². The predicted octanol–water partition coefficient (Wildman–Crippen LogP) is 6.20. The largest absolute Gasteiger partial charge is 0.416 e. The number of amides is 1. The van der Waals surface area contributed by atoms with Crippen LogP contribution >= 0.6 is 0 Å². The highest BCUT2D eigenvalue weighted by molar-refractivity contribution is 7.91. The number of halogens is 5. The van der Waals surface area contributed by atoms with Crippen molar-refractivity contribution in [3.05, 3.63) is 46.6 Å². The number of rotatable bonds is 5. The minimum Gasteiger partial charge on any atom is -0.371 e. The van der Waals surface area contributed by atoms with E-state index < -0.39 is 39.7 Å². The second-order valence-electron chi connectivity index (χ2n) is 9.51. The van der Waals surface area contributed by atoms with Gasteiger partial charge in [-0.15, -0.1) is 0 Å². The molecule has 196 valence electrons. The minimum atomic E-state index is -4.70. The van der Waals surface area contributed by atoms with Gasteiger partial charge in [0, 0.05) is 44.1 Å². The molecule has 2 aliphatic rings. The van der Waals surface area contributed by atoms with E-state index in [4.69, 9.17) is 4.78 Å². The Morgan fingerprint density at radius 3 is 2.53 bits per heavy atom. The fraction of sp³-hybridized carbons (Fsp3) is 0.500. The van der Waals surface area contributed by atoms with Crippen LogP contribution in [0.4, 0.5) is 33.3 Å². The molecule has 1 saturated heterocycles. The summed E-state index contributed by atoms with van der Waals surface area (Å²) in [6.45, 7) is 1.32. The number of anilines is 2. The van der Waals surface area contributed by atoms with Gasteiger partial charge in [-0.05, 0) is 61.4 Å². The molecule has 1 aliphatic heterocycles. The first-order valence-corrected chi connectivity index (χ1v) is 13.5. The molecule has 1 aromatic heterocycles. The molecule has 1 amide bonds. The van der Waals surface area contributed by atoms with Gasteiger partial charge in [-0.1, -0.05) is 0 Å². The second kappa shape index (κ2) is 9.28. The summed E-state index contributed by atoms with van der Waals surface area (Å²) in [5, 5.41) is 2.45. The quantitative estimate of drug-likeness (QED) is 0.451. The Bertz CT molecular complexity index is 1290. The molecule has 4 rings (SSSR count). The van der Waals surface area contributed by atoms with Gasteiger partial charge in [0.25, 0.3) is 5.91 Å². The molecule has 0 bridgehead atoms. The molecule has 1 atom stereocenters. The molecular formula is C24H27F5N4O2S. The molecular weight excluding hydrogens is 503 g/mol. The molecule has 2 heterocycles. The van der Waals surface area contributed by atoms with Crippen LogP contribution in [0.5, 0.6) is 0 Å². The number of hydrogen-bond donors (Lipinski definition) is 2. The lowest BCUT2D eigenvalue weighted by molar-refractivity contribution is -0.138. The number of hydrogen-bond acceptors (Lipinski definition) is 5. The van der Waals surface area contributed by atoms with Crippen LogP contribution in [-0.4, -0.2) is 40.4 Å². The van der Waals surface area contributed by atoms with Crippen molar-refractivity contribution in [2.75, 3.05) is 29.6 Å². The third-order valence-corrected chi connectivity index (χ3v) is 7.59. The van der Waals surface area contributed by atoms with E-state index >= 15 is 0 Å². The van der Waals surface area contributed by atoms with Crippen molar-refractivity contribution in [1.29, 1.82) is 4.78 Å². The van der Waals surface area contributed by atoms with Crippen molar-refractivity contribution in [3.8, 4) is 0 Å². The van der Waals surface area contributed by atoms with Crippen molar-refractivity contribution < 1.29 is 31.0 Å². The first kappa shape index (κ1) is 26.3. The van der Waals surface area contributed by atoms with Gasteiger partial charge in [-0.2, -0.15) is 13.2 Å². The number of benzene rings is 1. The van der Waals surface area contributed by atoms with Crippen molar-refractivity contribution in [2.45, 2.75) is 62.1 Å². The molecule has 2 aromatic rings. The van der Waals surface area contributed by atoms with Crippen molar-refractivity contribution in [1.82, 2.24) is 4.98 Å². The second-order valence-corrected chi connectivity index (χ2v) is 11.6. The van der Waals surface area contributed by atoms with Crippen molar-refractivity contribution in [3.63, 3.8) is 0 Å². The molecule has 1 aliphatic carbocycles.